The van der Waals surface area contributed by atoms with Crippen molar-refractivity contribution >= 4 is 0 Å². The maximum Gasteiger partial charge on any atom is 0.0236 e. The first kappa shape index (κ1) is 15.5. The van der Waals surface area contributed by atoms with Crippen LogP contribution in [0.25, 0.3) is 0 Å². The highest BCUT2D eigenvalue weighted by atomic mass is 15.1. The number of nitrogens with one attached hydrogen (secondary N) is 1. The molecule has 20 heavy (non-hydrogen) atoms. The summed E-state index contributed by atoms with van der Waals surface area (Å²) < 4.78 is 0. The molecular formula is C18H30N2. The van der Waals surface area contributed by atoms with E-state index < -0.39 is 0 Å². The predicted molar refractivity (Wildman–Crippen MR) is 86.7 cm³/mol. The molecule has 2 heteroatoms. The summed E-state index contributed by atoms with van der Waals surface area (Å²) in [5.41, 5.74) is 3.53. The first-order chi connectivity index (χ1) is 9.67. The summed E-state index contributed by atoms with van der Waals surface area (Å²) >= 11 is 0. The SMILES string of the molecule is CCNCc1ccccc1CN1CCC(C)(CC)CC1. The summed E-state index contributed by atoms with van der Waals surface area (Å²) in [7, 11) is 0. The van der Waals surface area contributed by atoms with Gasteiger partial charge in [0.2, 0.25) is 0 Å². The van der Waals surface area contributed by atoms with E-state index >= 15 is 0 Å². The van der Waals surface area contributed by atoms with Gasteiger partial charge in [-0.1, -0.05) is 51.5 Å². The maximum atomic E-state index is 3.45. The van der Waals surface area contributed by atoms with Gasteiger partial charge in [-0.05, 0) is 49.0 Å². The van der Waals surface area contributed by atoms with E-state index in [0.717, 1.165) is 19.6 Å². The van der Waals surface area contributed by atoms with Gasteiger partial charge >= 0.3 is 0 Å². The van der Waals surface area contributed by atoms with Gasteiger partial charge in [0, 0.05) is 13.1 Å². The quantitative estimate of drug-likeness (QED) is 0.848. The molecule has 1 N–H and O–H groups in total. The van der Waals surface area contributed by atoms with E-state index in [2.05, 4.69) is 55.3 Å². The summed E-state index contributed by atoms with van der Waals surface area (Å²) in [4.78, 5) is 2.63. The fraction of sp³-hybridized carbons (Fsp3) is 0.667. The molecule has 2 nitrogen and oxygen atoms in total. The van der Waals surface area contributed by atoms with Gasteiger partial charge in [0.25, 0.3) is 0 Å². The standard InChI is InChI=1S/C18H30N2/c1-4-18(3)10-12-20(13-11-18)15-17-9-7-6-8-16(17)14-19-5-2/h6-9,19H,4-5,10-15H2,1-3H3. The Hall–Kier alpha value is -0.860. The number of likely N-dealkylation sites (tertiary alicyclic amines) is 1. The van der Waals surface area contributed by atoms with Gasteiger partial charge in [-0.2, -0.15) is 0 Å². The van der Waals surface area contributed by atoms with Gasteiger partial charge in [-0.25, -0.2) is 0 Å². The second-order valence-corrected chi connectivity index (χ2v) is 6.49. The molecule has 0 amide bonds. The largest absolute Gasteiger partial charge is 0.313 e. The van der Waals surface area contributed by atoms with Gasteiger partial charge < -0.3 is 5.32 Å². The van der Waals surface area contributed by atoms with Crippen LogP contribution in [0.15, 0.2) is 24.3 Å². The summed E-state index contributed by atoms with van der Waals surface area (Å²) in [6.45, 7) is 12.6. The highest BCUT2D eigenvalue weighted by molar-refractivity contribution is 5.27. The average molecular weight is 274 g/mol. The van der Waals surface area contributed by atoms with Crippen molar-refractivity contribution in [2.24, 2.45) is 5.41 Å². The van der Waals surface area contributed by atoms with Crippen LogP contribution < -0.4 is 5.32 Å². The number of rotatable bonds is 6. The molecule has 0 radical (unpaired) electrons. The van der Waals surface area contributed by atoms with E-state index in [4.69, 9.17) is 0 Å². The average Bonchev–Trinajstić information content (AvgIpc) is 2.49. The van der Waals surface area contributed by atoms with Crippen molar-refractivity contribution in [2.45, 2.75) is 53.1 Å². The molecule has 1 heterocycles. The zero-order chi connectivity index (χ0) is 14.4. The Balaban J connectivity index is 1.94. The van der Waals surface area contributed by atoms with Crippen molar-refractivity contribution in [3.05, 3.63) is 35.4 Å². The van der Waals surface area contributed by atoms with Crippen LogP contribution in [0.5, 0.6) is 0 Å². The molecule has 0 unspecified atom stereocenters. The molecule has 1 aliphatic heterocycles. The van der Waals surface area contributed by atoms with Gasteiger partial charge in [0.1, 0.15) is 0 Å². The molecule has 112 valence electrons. The number of benzene rings is 1. The normalized spacial score (nSPS) is 19.1. The van der Waals surface area contributed by atoms with Crippen LogP contribution in [-0.4, -0.2) is 24.5 Å². The number of hydrogen-bond donors (Lipinski definition) is 1. The lowest BCUT2D eigenvalue weighted by Crippen LogP contribution is -2.38. The molecule has 1 aliphatic rings. The first-order valence-corrected chi connectivity index (χ1v) is 8.17. The molecule has 0 spiro atoms. The molecule has 1 saturated heterocycles. The number of piperidine rings is 1. The first-order valence-electron chi connectivity index (χ1n) is 8.17. The molecule has 0 aromatic heterocycles. The highest BCUT2D eigenvalue weighted by Gasteiger charge is 2.28. The lowest BCUT2D eigenvalue weighted by molar-refractivity contribution is 0.109. The van der Waals surface area contributed by atoms with Crippen molar-refractivity contribution in [1.82, 2.24) is 10.2 Å². The van der Waals surface area contributed by atoms with E-state index in [0.29, 0.717) is 5.41 Å². The number of hydrogen-bond acceptors (Lipinski definition) is 2. The Bertz CT molecular complexity index is 406. The third-order valence-corrected chi connectivity index (χ3v) is 4.99. The smallest absolute Gasteiger partial charge is 0.0236 e. The van der Waals surface area contributed by atoms with E-state index in [1.807, 2.05) is 0 Å². The highest BCUT2D eigenvalue weighted by Crippen LogP contribution is 2.34. The summed E-state index contributed by atoms with van der Waals surface area (Å²) in [6.07, 6.45) is 4.01. The van der Waals surface area contributed by atoms with Crippen LogP contribution >= 0.6 is 0 Å². The van der Waals surface area contributed by atoms with Crippen LogP contribution in [0.4, 0.5) is 0 Å². The Morgan fingerprint density at radius 1 is 1.10 bits per heavy atom. The van der Waals surface area contributed by atoms with Crippen LogP contribution in [-0.2, 0) is 13.1 Å². The lowest BCUT2D eigenvalue weighted by Gasteiger charge is -2.39. The second kappa shape index (κ2) is 7.24. The second-order valence-electron chi connectivity index (χ2n) is 6.49. The summed E-state index contributed by atoms with van der Waals surface area (Å²) in [5.74, 6) is 0. The number of nitrogens with zero attached hydrogens (tertiary/aromatic N) is 1. The third-order valence-electron chi connectivity index (χ3n) is 4.99. The Labute approximate surface area is 124 Å². The van der Waals surface area contributed by atoms with Gasteiger partial charge in [0.05, 0.1) is 0 Å². The van der Waals surface area contributed by atoms with Crippen LogP contribution in [0.3, 0.4) is 0 Å². The third kappa shape index (κ3) is 4.07. The molecule has 0 saturated carbocycles. The molecule has 0 bridgehead atoms. The zero-order valence-corrected chi connectivity index (χ0v) is 13.4. The van der Waals surface area contributed by atoms with Gasteiger partial charge in [-0.15, -0.1) is 0 Å². The monoisotopic (exact) mass is 274 g/mol. The van der Waals surface area contributed by atoms with E-state index in [9.17, 15) is 0 Å². The molecular weight excluding hydrogens is 244 g/mol. The van der Waals surface area contributed by atoms with E-state index in [1.165, 1.54) is 43.5 Å². The van der Waals surface area contributed by atoms with Crippen molar-refractivity contribution in [1.29, 1.82) is 0 Å². The lowest BCUT2D eigenvalue weighted by atomic mass is 9.78. The Kier molecular flexibility index (Phi) is 5.62. The molecule has 1 aromatic rings. The Morgan fingerprint density at radius 2 is 1.75 bits per heavy atom. The molecule has 2 rings (SSSR count). The van der Waals surface area contributed by atoms with Gasteiger partial charge in [-0.3, -0.25) is 4.90 Å². The van der Waals surface area contributed by atoms with Crippen molar-refractivity contribution < 1.29 is 0 Å². The van der Waals surface area contributed by atoms with Gasteiger partial charge in [0.15, 0.2) is 0 Å². The molecule has 1 aromatic carbocycles. The summed E-state index contributed by atoms with van der Waals surface area (Å²) in [5, 5.41) is 3.45. The molecule has 0 atom stereocenters. The van der Waals surface area contributed by atoms with Crippen LogP contribution in [0, 0.1) is 5.41 Å². The maximum absolute atomic E-state index is 3.45. The molecule has 1 fully saturated rings. The minimum Gasteiger partial charge on any atom is -0.313 e. The summed E-state index contributed by atoms with van der Waals surface area (Å²) in [6, 6.07) is 8.88. The van der Waals surface area contributed by atoms with E-state index in [1.54, 1.807) is 0 Å². The van der Waals surface area contributed by atoms with E-state index in [-0.39, 0.29) is 0 Å². The van der Waals surface area contributed by atoms with Crippen molar-refractivity contribution in [3.8, 4) is 0 Å². The zero-order valence-electron chi connectivity index (χ0n) is 13.4. The fourth-order valence-corrected chi connectivity index (χ4v) is 2.99. The minimum atomic E-state index is 0.583. The predicted octanol–water partition coefficient (Wildman–Crippen LogP) is 3.81. The molecule has 0 aliphatic carbocycles. The topological polar surface area (TPSA) is 15.3 Å². The van der Waals surface area contributed by atoms with Crippen molar-refractivity contribution in [2.75, 3.05) is 19.6 Å². The fourth-order valence-electron chi connectivity index (χ4n) is 2.99. The Morgan fingerprint density at radius 3 is 2.35 bits per heavy atom. The van der Waals surface area contributed by atoms with Crippen LogP contribution in [0.1, 0.15) is 51.2 Å². The van der Waals surface area contributed by atoms with Crippen LogP contribution in [0.2, 0.25) is 0 Å². The minimum absolute atomic E-state index is 0.583. The van der Waals surface area contributed by atoms with Crippen molar-refractivity contribution in [3.63, 3.8) is 0 Å².